The molecule has 1 aromatic rings. The Morgan fingerprint density at radius 2 is 2.05 bits per heavy atom. The van der Waals surface area contributed by atoms with Gasteiger partial charge in [0.1, 0.15) is 12.4 Å². The fraction of sp³-hybridized carbons (Fsp3) is 0.357. The highest BCUT2D eigenvalue weighted by Crippen LogP contribution is 2.17. The minimum atomic E-state index is -0.376. The Morgan fingerprint density at radius 1 is 1.32 bits per heavy atom. The molecule has 0 aliphatic carbocycles. The third kappa shape index (κ3) is 5.54. The monoisotopic (exact) mass is 264 g/mol. The number of hydrogen-bond donors (Lipinski definition) is 2. The molecule has 1 rings (SSSR count). The molecular formula is C14H20N2O3. The van der Waals surface area contributed by atoms with Gasteiger partial charge in [-0.2, -0.15) is 0 Å². The van der Waals surface area contributed by atoms with Crippen LogP contribution >= 0.6 is 0 Å². The van der Waals surface area contributed by atoms with E-state index in [1.54, 1.807) is 24.3 Å². The highest BCUT2D eigenvalue weighted by Gasteiger charge is 2.09. The molecule has 5 nitrogen and oxygen atoms in total. The minimum absolute atomic E-state index is 0.376. The molecule has 0 radical (unpaired) electrons. The number of carbonyl (C=O) groups excluding carboxylic acids is 1. The first-order valence-electron chi connectivity index (χ1n) is 6.10. The van der Waals surface area contributed by atoms with E-state index in [4.69, 9.17) is 15.3 Å². The summed E-state index contributed by atoms with van der Waals surface area (Å²) in [7, 11) is 0. The van der Waals surface area contributed by atoms with Crippen molar-refractivity contribution in [2.24, 2.45) is 5.84 Å². The maximum absolute atomic E-state index is 11.5. The summed E-state index contributed by atoms with van der Waals surface area (Å²) in [5, 5.41) is 0. The summed E-state index contributed by atoms with van der Waals surface area (Å²) in [6, 6.07) is 6.92. The molecule has 0 heterocycles. The average Bonchev–Trinajstić information content (AvgIpc) is 2.42. The van der Waals surface area contributed by atoms with Gasteiger partial charge in [-0.15, -0.1) is 6.58 Å². The number of hydrazine groups is 1. The molecule has 1 aromatic carbocycles. The number of para-hydroxylation sites is 1. The van der Waals surface area contributed by atoms with Gasteiger partial charge >= 0.3 is 0 Å². The number of benzene rings is 1. The van der Waals surface area contributed by atoms with E-state index >= 15 is 0 Å². The molecule has 3 N–H and O–H groups in total. The fourth-order valence-corrected chi connectivity index (χ4v) is 1.42. The van der Waals surface area contributed by atoms with E-state index in [2.05, 4.69) is 12.0 Å². The van der Waals surface area contributed by atoms with Crippen LogP contribution in [0.5, 0.6) is 5.75 Å². The van der Waals surface area contributed by atoms with Crippen LogP contribution in [0.1, 0.15) is 23.7 Å². The molecule has 0 saturated heterocycles. The van der Waals surface area contributed by atoms with Crippen LogP contribution < -0.4 is 16.0 Å². The van der Waals surface area contributed by atoms with E-state index in [1.165, 1.54) is 0 Å². The van der Waals surface area contributed by atoms with Crippen LogP contribution in [-0.4, -0.2) is 25.7 Å². The van der Waals surface area contributed by atoms with Crippen LogP contribution in [0.3, 0.4) is 0 Å². The lowest BCUT2D eigenvalue weighted by Gasteiger charge is -2.10. The SMILES string of the molecule is C=C(C)CCOCCOc1ccccc1C(=O)NN. The van der Waals surface area contributed by atoms with Crippen molar-refractivity contribution in [3.05, 3.63) is 42.0 Å². The van der Waals surface area contributed by atoms with Gasteiger partial charge < -0.3 is 9.47 Å². The Morgan fingerprint density at radius 3 is 2.74 bits per heavy atom. The van der Waals surface area contributed by atoms with E-state index in [0.717, 1.165) is 12.0 Å². The fourth-order valence-electron chi connectivity index (χ4n) is 1.42. The summed E-state index contributed by atoms with van der Waals surface area (Å²) in [6.07, 6.45) is 0.839. The van der Waals surface area contributed by atoms with E-state index < -0.39 is 0 Å². The number of nitrogen functional groups attached to an aromatic ring is 1. The molecule has 0 bridgehead atoms. The zero-order valence-corrected chi connectivity index (χ0v) is 11.1. The first-order chi connectivity index (χ1) is 9.15. The van der Waals surface area contributed by atoms with Gasteiger partial charge in [0.25, 0.3) is 5.91 Å². The molecule has 0 unspecified atom stereocenters. The first kappa shape index (κ1) is 15.2. The van der Waals surface area contributed by atoms with E-state index in [-0.39, 0.29) is 5.91 Å². The van der Waals surface area contributed by atoms with Crippen molar-refractivity contribution in [3.8, 4) is 5.75 Å². The summed E-state index contributed by atoms with van der Waals surface area (Å²) < 4.78 is 10.9. The Bertz CT molecular complexity index is 432. The number of amides is 1. The Balaban J connectivity index is 2.37. The number of ether oxygens (including phenoxy) is 2. The molecule has 19 heavy (non-hydrogen) atoms. The second kappa shape index (κ2) is 8.29. The second-order valence-electron chi connectivity index (χ2n) is 4.14. The van der Waals surface area contributed by atoms with Crippen LogP contribution in [0.2, 0.25) is 0 Å². The first-order valence-corrected chi connectivity index (χ1v) is 6.10. The topological polar surface area (TPSA) is 73.6 Å². The maximum Gasteiger partial charge on any atom is 0.268 e. The molecule has 0 spiro atoms. The van der Waals surface area contributed by atoms with E-state index in [0.29, 0.717) is 31.1 Å². The predicted octanol–water partition coefficient (Wildman–Crippen LogP) is 1.65. The smallest absolute Gasteiger partial charge is 0.268 e. The van der Waals surface area contributed by atoms with Gasteiger partial charge in [-0.25, -0.2) is 5.84 Å². The largest absolute Gasteiger partial charge is 0.490 e. The van der Waals surface area contributed by atoms with E-state index in [9.17, 15) is 4.79 Å². The molecule has 104 valence electrons. The summed E-state index contributed by atoms with van der Waals surface area (Å²) >= 11 is 0. The molecule has 0 aromatic heterocycles. The van der Waals surface area contributed by atoms with Gasteiger partial charge in [-0.1, -0.05) is 17.7 Å². The number of nitrogens with one attached hydrogen (secondary N) is 1. The molecule has 0 saturated carbocycles. The number of hydrogen-bond acceptors (Lipinski definition) is 4. The lowest BCUT2D eigenvalue weighted by Crippen LogP contribution is -2.30. The summed E-state index contributed by atoms with van der Waals surface area (Å²) in [6.45, 7) is 7.23. The van der Waals surface area contributed by atoms with Gasteiger partial charge in [-0.05, 0) is 25.5 Å². The van der Waals surface area contributed by atoms with Gasteiger partial charge in [0.2, 0.25) is 0 Å². The Kier molecular flexibility index (Phi) is 6.63. The zero-order chi connectivity index (χ0) is 14.1. The van der Waals surface area contributed by atoms with Crippen LogP contribution in [-0.2, 0) is 4.74 Å². The van der Waals surface area contributed by atoms with Crippen LogP contribution in [0, 0.1) is 0 Å². The number of rotatable bonds is 8. The van der Waals surface area contributed by atoms with Crippen molar-refractivity contribution < 1.29 is 14.3 Å². The molecule has 1 amide bonds. The van der Waals surface area contributed by atoms with Crippen molar-refractivity contribution in [3.63, 3.8) is 0 Å². The molecule has 0 atom stereocenters. The molecule has 0 fully saturated rings. The van der Waals surface area contributed by atoms with Gasteiger partial charge in [0.15, 0.2) is 0 Å². The van der Waals surface area contributed by atoms with Crippen molar-refractivity contribution in [1.82, 2.24) is 5.43 Å². The summed E-state index contributed by atoms with van der Waals surface area (Å²) in [5.41, 5.74) is 3.58. The minimum Gasteiger partial charge on any atom is -0.490 e. The molecule has 0 aliphatic heterocycles. The zero-order valence-electron chi connectivity index (χ0n) is 11.1. The number of nitrogens with two attached hydrogens (primary N) is 1. The highest BCUT2D eigenvalue weighted by molar-refractivity contribution is 5.96. The maximum atomic E-state index is 11.5. The lowest BCUT2D eigenvalue weighted by molar-refractivity contribution is 0.0927. The van der Waals surface area contributed by atoms with Gasteiger partial charge in [0, 0.05) is 0 Å². The molecule has 0 aliphatic rings. The third-order valence-corrected chi connectivity index (χ3v) is 2.42. The Hall–Kier alpha value is -1.85. The normalized spacial score (nSPS) is 10.0. The second-order valence-corrected chi connectivity index (χ2v) is 4.14. The number of carbonyl (C=O) groups is 1. The summed E-state index contributed by atoms with van der Waals surface area (Å²) in [4.78, 5) is 11.5. The summed E-state index contributed by atoms with van der Waals surface area (Å²) in [5.74, 6) is 5.23. The van der Waals surface area contributed by atoms with Crippen LogP contribution in [0.4, 0.5) is 0 Å². The van der Waals surface area contributed by atoms with Crippen molar-refractivity contribution in [2.75, 3.05) is 19.8 Å². The van der Waals surface area contributed by atoms with Crippen LogP contribution in [0.25, 0.3) is 0 Å². The lowest BCUT2D eigenvalue weighted by atomic mass is 10.2. The highest BCUT2D eigenvalue weighted by atomic mass is 16.5. The van der Waals surface area contributed by atoms with Crippen molar-refractivity contribution in [2.45, 2.75) is 13.3 Å². The predicted molar refractivity (Wildman–Crippen MR) is 73.8 cm³/mol. The van der Waals surface area contributed by atoms with E-state index in [1.807, 2.05) is 6.92 Å². The molecule has 5 heteroatoms. The average molecular weight is 264 g/mol. The van der Waals surface area contributed by atoms with Gasteiger partial charge in [0.05, 0.1) is 18.8 Å². The third-order valence-electron chi connectivity index (χ3n) is 2.42. The standard InChI is InChI=1S/C14H20N2O3/c1-11(2)7-8-18-9-10-19-13-6-4-3-5-12(13)14(17)16-15/h3-6H,1,7-10,15H2,2H3,(H,16,17). The Labute approximate surface area is 113 Å². The van der Waals surface area contributed by atoms with Gasteiger partial charge in [-0.3, -0.25) is 10.2 Å². The van der Waals surface area contributed by atoms with Crippen molar-refractivity contribution >= 4 is 5.91 Å². The van der Waals surface area contributed by atoms with Crippen LogP contribution in [0.15, 0.2) is 36.4 Å². The van der Waals surface area contributed by atoms with Crippen molar-refractivity contribution in [1.29, 1.82) is 0 Å². The molecular weight excluding hydrogens is 244 g/mol. The quantitative estimate of drug-likeness (QED) is 0.246.